The minimum atomic E-state index is -0.191. The van der Waals surface area contributed by atoms with Gasteiger partial charge in [-0.25, -0.2) is 0 Å². The van der Waals surface area contributed by atoms with E-state index in [4.69, 9.17) is 17.0 Å². The number of amides is 1. The Morgan fingerprint density at radius 1 is 1.43 bits per heavy atom. The molecule has 0 radical (unpaired) electrons. The molecule has 1 aromatic carbocycles. The molecule has 1 atom stereocenters. The summed E-state index contributed by atoms with van der Waals surface area (Å²) in [6.07, 6.45) is 2.83. The van der Waals surface area contributed by atoms with Crippen molar-refractivity contribution < 1.29 is 9.53 Å². The monoisotopic (exact) mass is 324 g/mol. The predicted octanol–water partition coefficient (Wildman–Crippen LogP) is 2.42. The lowest BCUT2D eigenvalue weighted by Gasteiger charge is -2.17. The molecule has 1 aromatic rings. The summed E-state index contributed by atoms with van der Waals surface area (Å²) < 4.78 is 5.60. The van der Waals surface area contributed by atoms with Crippen LogP contribution in [0.2, 0.25) is 0 Å². The molecule has 0 saturated carbocycles. The molecule has 4 nitrogen and oxygen atoms in total. The molecule has 1 heterocycles. The fourth-order valence-electron chi connectivity index (χ4n) is 2.26. The predicted molar refractivity (Wildman–Crippen MR) is 90.7 cm³/mol. The summed E-state index contributed by atoms with van der Waals surface area (Å²) in [5.41, 5.74) is 0.974. The molecule has 0 spiro atoms. The Morgan fingerprint density at radius 2 is 2.19 bits per heavy atom. The molecule has 1 aliphatic rings. The fourth-order valence-corrected chi connectivity index (χ4v) is 3.03. The Morgan fingerprint density at radius 3 is 2.90 bits per heavy atom. The third kappa shape index (κ3) is 3.89. The second kappa shape index (κ2) is 7.66. The zero-order chi connectivity index (χ0) is 15.2. The molecule has 1 fully saturated rings. The highest BCUT2D eigenvalue weighted by Gasteiger charge is 2.35. The van der Waals surface area contributed by atoms with Crippen LogP contribution in [0.4, 0.5) is 0 Å². The van der Waals surface area contributed by atoms with Crippen LogP contribution >= 0.6 is 24.0 Å². The molecule has 1 N–H and O–H groups in total. The number of benzene rings is 1. The van der Waals surface area contributed by atoms with Crippen molar-refractivity contribution in [2.75, 3.05) is 18.6 Å². The number of hydrogen-bond acceptors (Lipinski definition) is 4. The van der Waals surface area contributed by atoms with Crippen molar-refractivity contribution in [2.45, 2.75) is 25.9 Å². The summed E-state index contributed by atoms with van der Waals surface area (Å²) in [6, 6.07) is 7.57. The summed E-state index contributed by atoms with van der Waals surface area (Å²) in [5, 5.41) is 3.63. The fraction of sp³-hybridized carbons (Fsp3) is 0.467. The molecule has 0 aromatic heterocycles. The highest BCUT2D eigenvalue weighted by Crippen LogP contribution is 2.22. The van der Waals surface area contributed by atoms with Gasteiger partial charge in [0.2, 0.25) is 0 Å². The van der Waals surface area contributed by atoms with Crippen LogP contribution in [-0.2, 0) is 11.3 Å². The molecule has 1 amide bonds. The van der Waals surface area contributed by atoms with Gasteiger partial charge in [-0.2, -0.15) is 11.8 Å². The smallest absolute Gasteiger partial charge is 0.251 e. The van der Waals surface area contributed by atoms with Crippen LogP contribution in [0, 0.1) is 0 Å². The first-order chi connectivity index (χ1) is 10.2. The second-order valence-corrected chi connectivity index (χ2v) is 6.12. The molecule has 0 unspecified atom stereocenters. The van der Waals surface area contributed by atoms with E-state index in [-0.39, 0.29) is 11.9 Å². The zero-order valence-electron chi connectivity index (χ0n) is 12.3. The summed E-state index contributed by atoms with van der Waals surface area (Å²) in [7, 11) is 0. The largest absolute Gasteiger partial charge is 0.494 e. The van der Waals surface area contributed by atoms with E-state index in [0.29, 0.717) is 18.3 Å². The first-order valence-electron chi connectivity index (χ1n) is 6.99. The second-order valence-electron chi connectivity index (χ2n) is 4.75. The normalized spacial score (nSPS) is 18.0. The average molecular weight is 324 g/mol. The number of carbonyl (C=O) groups is 1. The van der Waals surface area contributed by atoms with Gasteiger partial charge < -0.3 is 10.1 Å². The van der Waals surface area contributed by atoms with Gasteiger partial charge in [0.15, 0.2) is 5.11 Å². The van der Waals surface area contributed by atoms with Gasteiger partial charge in [-0.3, -0.25) is 9.69 Å². The van der Waals surface area contributed by atoms with Crippen LogP contribution in [0.5, 0.6) is 5.75 Å². The first-order valence-corrected chi connectivity index (χ1v) is 8.79. The molecule has 21 heavy (non-hydrogen) atoms. The maximum Gasteiger partial charge on any atom is 0.251 e. The lowest BCUT2D eigenvalue weighted by Crippen LogP contribution is -2.31. The quantitative estimate of drug-likeness (QED) is 0.780. The van der Waals surface area contributed by atoms with Gasteiger partial charge in [0, 0.05) is 5.56 Å². The number of ether oxygens (including phenoxy) is 1. The SMILES string of the molecule is CCOc1ccccc1CN1C(=O)[C@H](CCSC)NC1=S. The third-order valence-corrected chi connectivity index (χ3v) is 4.30. The van der Waals surface area contributed by atoms with E-state index in [0.717, 1.165) is 23.5 Å². The number of rotatable bonds is 7. The summed E-state index contributed by atoms with van der Waals surface area (Å²) >= 11 is 7.03. The third-order valence-electron chi connectivity index (χ3n) is 3.32. The van der Waals surface area contributed by atoms with Gasteiger partial charge in [0.25, 0.3) is 5.91 Å². The maximum atomic E-state index is 12.4. The minimum Gasteiger partial charge on any atom is -0.494 e. The van der Waals surface area contributed by atoms with E-state index in [1.807, 2.05) is 37.4 Å². The first kappa shape index (κ1) is 16.1. The van der Waals surface area contributed by atoms with E-state index >= 15 is 0 Å². The van der Waals surface area contributed by atoms with Gasteiger partial charge >= 0.3 is 0 Å². The number of thiocarbonyl (C=S) groups is 1. The molecular weight excluding hydrogens is 304 g/mol. The van der Waals surface area contributed by atoms with Gasteiger partial charge in [0.1, 0.15) is 11.8 Å². The topological polar surface area (TPSA) is 41.6 Å². The van der Waals surface area contributed by atoms with Crippen LogP contribution in [0.1, 0.15) is 18.9 Å². The standard InChI is InChI=1S/C15H20N2O2S2/c1-3-19-13-7-5-4-6-11(13)10-17-14(18)12(8-9-21-2)16-15(17)20/h4-7,12H,3,8-10H2,1-2H3,(H,16,20)/t12-/m0/s1. The molecular formula is C15H20N2O2S2. The molecule has 6 heteroatoms. The van der Waals surface area contributed by atoms with Gasteiger partial charge in [-0.1, -0.05) is 18.2 Å². The van der Waals surface area contributed by atoms with Crippen LogP contribution in [-0.4, -0.2) is 40.6 Å². The Kier molecular flexibility index (Phi) is 5.87. The number of hydrogen-bond donors (Lipinski definition) is 1. The summed E-state index contributed by atoms with van der Waals surface area (Å²) in [5.74, 6) is 1.80. The molecule has 1 saturated heterocycles. The average Bonchev–Trinajstić information content (AvgIpc) is 2.75. The van der Waals surface area contributed by atoms with Crippen molar-refractivity contribution in [1.82, 2.24) is 10.2 Å². The number of carbonyl (C=O) groups excluding carboxylic acids is 1. The lowest BCUT2D eigenvalue weighted by molar-refractivity contribution is -0.127. The Hall–Kier alpha value is -1.27. The molecule has 0 bridgehead atoms. The van der Waals surface area contributed by atoms with Crippen LogP contribution in [0.3, 0.4) is 0 Å². The molecule has 1 aliphatic heterocycles. The van der Waals surface area contributed by atoms with Gasteiger partial charge in [-0.15, -0.1) is 0 Å². The van der Waals surface area contributed by atoms with Crippen molar-refractivity contribution in [3.8, 4) is 5.75 Å². The molecule has 2 rings (SSSR count). The Bertz CT molecular complexity index is 522. The maximum absolute atomic E-state index is 12.4. The highest BCUT2D eigenvalue weighted by molar-refractivity contribution is 7.98. The van der Waals surface area contributed by atoms with Crippen molar-refractivity contribution in [1.29, 1.82) is 0 Å². The Labute approximate surface area is 135 Å². The van der Waals surface area contributed by atoms with E-state index < -0.39 is 0 Å². The van der Waals surface area contributed by atoms with E-state index in [1.165, 1.54) is 0 Å². The number of thioether (sulfide) groups is 1. The summed E-state index contributed by atoms with van der Waals surface area (Å²) in [6.45, 7) is 3.00. The summed E-state index contributed by atoms with van der Waals surface area (Å²) in [4.78, 5) is 14.1. The molecule has 0 aliphatic carbocycles. The van der Waals surface area contributed by atoms with Crippen LogP contribution in [0.25, 0.3) is 0 Å². The van der Waals surface area contributed by atoms with Gasteiger partial charge in [0.05, 0.1) is 13.2 Å². The number of nitrogens with zero attached hydrogens (tertiary/aromatic N) is 1. The van der Waals surface area contributed by atoms with E-state index in [1.54, 1.807) is 16.7 Å². The van der Waals surface area contributed by atoms with Crippen LogP contribution < -0.4 is 10.1 Å². The number of para-hydroxylation sites is 1. The van der Waals surface area contributed by atoms with Crippen molar-refractivity contribution in [3.63, 3.8) is 0 Å². The van der Waals surface area contributed by atoms with Crippen molar-refractivity contribution >= 4 is 35.0 Å². The number of nitrogens with one attached hydrogen (secondary N) is 1. The van der Waals surface area contributed by atoms with E-state index in [2.05, 4.69) is 5.32 Å². The zero-order valence-corrected chi connectivity index (χ0v) is 13.9. The molecule has 114 valence electrons. The minimum absolute atomic E-state index is 0.0559. The van der Waals surface area contributed by atoms with Gasteiger partial charge in [-0.05, 0) is 43.6 Å². The lowest BCUT2D eigenvalue weighted by atomic mass is 10.1. The van der Waals surface area contributed by atoms with Crippen LogP contribution in [0.15, 0.2) is 24.3 Å². The van der Waals surface area contributed by atoms with Crippen molar-refractivity contribution in [3.05, 3.63) is 29.8 Å². The Balaban J connectivity index is 2.09. The highest BCUT2D eigenvalue weighted by atomic mass is 32.2. The van der Waals surface area contributed by atoms with E-state index in [9.17, 15) is 4.79 Å². The van der Waals surface area contributed by atoms with Crippen molar-refractivity contribution in [2.24, 2.45) is 0 Å².